The van der Waals surface area contributed by atoms with Crippen LogP contribution in [-0.2, 0) is 0 Å². The van der Waals surface area contributed by atoms with Gasteiger partial charge in [-0.05, 0) is 6.07 Å². The normalized spacial score (nSPS) is 10.8. The van der Waals surface area contributed by atoms with E-state index in [1.807, 2.05) is 0 Å². The lowest BCUT2D eigenvalue weighted by molar-refractivity contribution is -0.401. The molecule has 19 heteroatoms. The SMILES string of the molecule is O=[N+]([O-])c1ccc(N=Nc2c([N+](=O)[O-])c(Cl)c([N+](=O)[O-])c(Cl)c2[N+](=O)[O-])c([N+](=O)[O-])c1. The largest absolute Gasteiger partial charge is 0.329 e. The molecule has 0 amide bonds. The van der Waals surface area contributed by atoms with Gasteiger partial charge < -0.3 is 0 Å². The molecule has 0 aliphatic rings. The van der Waals surface area contributed by atoms with Crippen LogP contribution in [0.4, 0.5) is 39.8 Å². The number of non-ortho nitro benzene ring substituents is 1. The van der Waals surface area contributed by atoms with Crippen LogP contribution >= 0.6 is 23.2 Å². The molecule has 17 nitrogen and oxygen atoms in total. The van der Waals surface area contributed by atoms with Gasteiger partial charge in [-0.3, -0.25) is 50.6 Å². The maximum absolute atomic E-state index is 11.4. The first-order valence-corrected chi connectivity index (χ1v) is 7.96. The number of nitro benzene ring substituents is 5. The number of halogens is 2. The Morgan fingerprint density at radius 1 is 0.645 bits per heavy atom. The van der Waals surface area contributed by atoms with Gasteiger partial charge in [0.1, 0.15) is 0 Å². The fourth-order valence-electron chi connectivity index (χ4n) is 2.19. The molecule has 0 aliphatic carbocycles. The van der Waals surface area contributed by atoms with Gasteiger partial charge in [0.2, 0.25) is 15.7 Å². The zero-order valence-corrected chi connectivity index (χ0v) is 15.7. The van der Waals surface area contributed by atoms with Crippen molar-refractivity contribution in [3.05, 3.63) is 78.8 Å². The molecule has 0 atom stereocenters. The highest BCUT2D eigenvalue weighted by molar-refractivity contribution is 6.42. The van der Waals surface area contributed by atoms with Gasteiger partial charge in [-0.2, -0.15) is 0 Å². The number of azo groups is 1. The van der Waals surface area contributed by atoms with E-state index in [1.54, 1.807) is 0 Å². The summed E-state index contributed by atoms with van der Waals surface area (Å²) < 4.78 is 0. The summed E-state index contributed by atoms with van der Waals surface area (Å²) in [7, 11) is 0. The van der Waals surface area contributed by atoms with Crippen LogP contribution in [0.3, 0.4) is 0 Å². The average Bonchev–Trinajstić information content (AvgIpc) is 2.64. The molecule has 2 rings (SSSR count). The molecule has 0 spiro atoms. The Hall–Kier alpha value is -4.38. The number of hydrogen-bond donors (Lipinski definition) is 0. The Kier molecular flexibility index (Phi) is 6.32. The van der Waals surface area contributed by atoms with E-state index in [2.05, 4.69) is 10.2 Å². The molecule has 0 fully saturated rings. The molecular weight excluding hydrogens is 473 g/mol. The van der Waals surface area contributed by atoms with Crippen molar-refractivity contribution in [3.63, 3.8) is 0 Å². The zero-order chi connectivity index (χ0) is 23.6. The van der Waals surface area contributed by atoms with E-state index in [1.165, 1.54) is 0 Å². The lowest BCUT2D eigenvalue weighted by Gasteiger charge is -2.04. The third-order valence-corrected chi connectivity index (χ3v) is 4.17. The van der Waals surface area contributed by atoms with E-state index in [0.29, 0.717) is 6.07 Å². The minimum Gasteiger partial charge on any atom is -0.258 e. The van der Waals surface area contributed by atoms with Crippen LogP contribution in [0.25, 0.3) is 0 Å². The first-order valence-electron chi connectivity index (χ1n) is 7.21. The molecule has 0 aliphatic heterocycles. The van der Waals surface area contributed by atoms with Crippen molar-refractivity contribution in [3.8, 4) is 0 Å². The molecule has 0 heterocycles. The van der Waals surface area contributed by atoms with Crippen molar-refractivity contribution in [1.82, 2.24) is 0 Å². The summed E-state index contributed by atoms with van der Waals surface area (Å²) in [6.45, 7) is 0. The van der Waals surface area contributed by atoms with E-state index in [-0.39, 0.29) is 0 Å². The maximum atomic E-state index is 11.4. The molecule has 0 N–H and O–H groups in total. The Labute approximate surface area is 177 Å². The zero-order valence-electron chi connectivity index (χ0n) is 14.2. The average molecular weight is 476 g/mol. The topological polar surface area (TPSA) is 240 Å². The standard InChI is InChI=1S/C12H3Cl2N7O10/c13-7-10(19(26)27)8(14)12(21(30)31)9(11(7)20(28)29)16-15-5-2-1-4(17(22)23)3-6(5)18(24)25/h1-3H. The first kappa shape index (κ1) is 22.9. The molecule has 0 aromatic heterocycles. The summed E-state index contributed by atoms with van der Waals surface area (Å²) in [4.78, 5) is 49.8. The minimum atomic E-state index is -1.40. The van der Waals surface area contributed by atoms with Crippen LogP contribution in [0, 0.1) is 50.6 Å². The van der Waals surface area contributed by atoms with Crippen LogP contribution in [0.5, 0.6) is 0 Å². The number of rotatable bonds is 7. The number of nitro groups is 5. The van der Waals surface area contributed by atoms with Gasteiger partial charge in [0.15, 0.2) is 5.69 Å². The second kappa shape index (κ2) is 8.55. The summed E-state index contributed by atoms with van der Waals surface area (Å²) in [5.74, 6) is 0. The molecule has 0 saturated carbocycles. The van der Waals surface area contributed by atoms with Crippen LogP contribution in [0.1, 0.15) is 0 Å². The monoisotopic (exact) mass is 475 g/mol. The second-order valence-electron chi connectivity index (χ2n) is 5.18. The van der Waals surface area contributed by atoms with Gasteiger partial charge in [0, 0.05) is 6.07 Å². The van der Waals surface area contributed by atoms with Crippen molar-refractivity contribution < 1.29 is 24.6 Å². The molecule has 160 valence electrons. The van der Waals surface area contributed by atoms with Gasteiger partial charge in [0.25, 0.3) is 5.69 Å². The fraction of sp³-hybridized carbons (Fsp3) is 0. The minimum absolute atomic E-state index is 0.507. The predicted octanol–water partition coefficient (Wildman–Crippen LogP) is 4.95. The number of hydrogen-bond acceptors (Lipinski definition) is 12. The van der Waals surface area contributed by atoms with E-state index in [9.17, 15) is 50.6 Å². The molecule has 0 unspecified atom stereocenters. The summed E-state index contributed by atoms with van der Waals surface area (Å²) in [6.07, 6.45) is 0. The molecular formula is C12H3Cl2N7O10. The van der Waals surface area contributed by atoms with Gasteiger partial charge in [0.05, 0.1) is 30.7 Å². The molecule has 0 bridgehead atoms. The highest BCUT2D eigenvalue weighted by atomic mass is 35.5. The van der Waals surface area contributed by atoms with Gasteiger partial charge in [-0.25, -0.2) is 0 Å². The van der Waals surface area contributed by atoms with E-state index in [4.69, 9.17) is 23.2 Å². The molecule has 31 heavy (non-hydrogen) atoms. The predicted molar refractivity (Wildman–Crippen MR) is 100 cm³/mol. The van der Waals surface area contributed by atoms with E-state index in [0.717, 1.165) is 12.1 Å². The maximum Gasteiger partial charge on any atom is 0.329 e. The Morgan fingerprint density at radius 3 is 1.52 bits per heavy atom. The summed E-state index contributed by atoms with van der Waals surface area (Å²) >= 11 is 11.3. The van der Waals surface area contributed by atoms with Crippen LogP contribution in [0.15, 0.2) is 28.4 Å². The van der Waals surface area contributed by atoms with Gasteiger partial charge in [-0.1, -0.05) is 23.2 Å². The molecule has 2 aromatic rings. The van der Waals surface area contributed by atoms with Gasteiger partial charge >= 0.3 is 22.7 Å². The Bertz CT molecular complexity index is 1170. The third kappa shape index (κ3) is 4.31. The number of benzene rings is 2. The van der Waals surface area contributed by atoms with E-state index < -0.39 is 74.5 Å². The van der Waals surface area contributed by atoms with Crippen molar-refractivity contribution >= 4 is 63.0 Å². The van der Waals surface area contributed by atoms with Gasteiger partial charge in [-0.15, -0.1) is 10.2 Å². The lowest BCUT2D eigenvalue weighted by atomic mass is 10.2. The summed E-state index contributed by atoms with van der Waals surface area (Å²) in [6, 6.07) is 2.05. The van der Waals surface area contributed by atoms with E-state index >= 15 is 0 Å². The van der Waals surface area contributed by atoms with Crippen molar-refractivity contribution in [2.45, 2.75) is 0 Å². The fourth-order valence-corrected chi connectivity index (χ4v) is 2.88. The quantitative estimate of drug-likeness (QED) is 0.295. The lowest BCUT2D eigenvalue weighted by Crippen LogP contribution is -2.01. The Morgan fingerprint density at radius 2 is 1.13 bits per heavy atom. The van der Waals surface area contributed by atoms with Crippen LogP contribution in [-0.4, -0.2) is 24.6 Å². The van der Waals surface area contributed by atoms with Crippen LogP contribution < -0.4 is 0 Å². The Balaban J connectivity index is 2.86. The smallest absolute Gasteiger partial charge is 0.258 e. The van der Waals surface area contributed by atoms with Crippen molar-refractivity contribution in [2.24, 2.45) is 10.2 Å². The molecule has 0 radical (unpaired) electrons. The highest BCUT2D eigenvalue weighted by Gasteiger charge is 2.41. The first-order chi connectivity index (χ1) is 14.4. The van der Waals surface area contributed by atoms with Crippen molar-refractivity contribution in [1.29, 1.82) is 0 Å². The number of nitrogens with zero attached hydrogens (tertiary/aromatic N) is 7. The summed E-state index contributed by atoms with van der Waals surface area (Å²) in [5.41, 5.74) is -7.70. The van der Waals surface area contributed by atoms with Crippen LogP contribution in [0.2, 0.25) is 10.0 Å². The third-order valence-electron chi connectivity index (χ3n) is 3.45. The molecule has 0 saturated heterocycles. The highest BCUT2D eigenvalue weighted by Crippen LogP contribution is 2.53. The van der Waals surface area contributed by atoms with Crippen molar-refractivity contribution in [2.75, 3.05) is 0 Å². The molecule has 2 aromatic carbocycles. The second-order valence-corrected chi connectivity index (χ2v) is 5.94. The summed E-state index contributed by atoms with van der Waals surface area (Å²) in [5, 5.41) is 59.9.